The Morgan fingerprint density at radius 1 is 1.47 bits per heavy atom. The van der Waals surface area contributed by atoms with Gasteiger partial charge in [-0.15, -0.1) is 0 Å². The smallest absolute Gasteiger partial charge is 0.225 e. The molecular formula is C12H19N3O2. The third kappa shape index (κ3) is 3.14. The molecule has 17 heavy (non-hydrogen) atoms. The molecule has 0 bridgehead atoms. The van der Waals surface area contributed by atoms with Gasteiger partial charge in [-0.05, 0) is 19.9 Å². The zero-order valence-corrected chi connectivity index (χ0v) is 10.6. The monoisotopic (exact) mass is 237 g/mol. The van der Waals surface area contributed by atoms with Crippen molar-refractivity contribution in [2.75, 3.05) is 31.7 Å². The minimum atomic E-state index is -0.208. The Morgan fingerprint density at radius 2 is 2.18 bits per heavy atom. The number of rotatable bonds is 3. The Hall–Kier alpha value is -1.20. The van der Waals surface area contributed by atoms with E-state index in [0.717, 1.165) is 19.0 Å². The predicted molar refractivity (Wildman–Crippen MR) is 65.1 cm³/mol. The molecule has 0 unspecified atom stereocenters. The number of hydrogen-bond acceptors (Lipinski definition) is 5. The third-order valence-corrected chi connectivity index (χ3v) is 2.67. The molecule has 0 spiro atoms. The average Bonchev–Trinajstić information content (AvgIpc) is 2.28. The first-order valence-electron chi connectivity index (χ1n) is 5.79. The van der Waals surface area contributed by atoms with Gasteiger partial charge in [-0.25, -0.2) is 9.97 Å². The van der Waals surface area contributed by atoms with Crippen LogP contribution in [0.15, 0.2) is 18.5 Å². The minimum absolute atomic E-state index is 0.0626. The summed E-state index contributed by atoms with van der Waals surface area (Å²) >= 11 is 0. The molecule has 1 aromatic heterocycles. The third-order valence-electron chi connectivity index (χ3n) is 2.67. The van der Waals surface area contributed by atoms with Crippen molar-refractivity contribution in [3.63, 3.8) is 0 Å². The number of methoxy groups -OCH3 is 1. The van der Waals surface area contributed by atoms with Crippen molar-refractivity contribution in [1.29, 1.82) is 0 Å². The zero-order chi connectivity index (χ0) is 12.3. The molecule has 0 aromatic carbocycles. The Morgan fingerprint density at radius 3 is 2.82 bits per heavy atom. The number of aromatic nitrogens is 2. The molecule has 0 N–H and O–H groups in total. The van der Waals surface area contributed by atoms with Gasteiger partial charge in [0, 0.05) is 32.6 Å². The summed E-state index contributed by atoms with van der Waals surface area (Å²) in [4.78, 5) is 10.7. The van der Waals surface area contributed by atoms with Crippen molar-refractivity contribution in [3.05, 3.63) is 18.5 Å². The van der Waals surface area contributed by atoms with Crippen molar-refractivity contribution in [2.45, 2.75) is 25.6 Å². The van der Waals surface area contributed by atoms with Crippen molar-refractivity contribution in [2.24, 2.45) is 0 Å². The van der Waals surface area contributed by atoms with E-state index in [1.807, 2.05) is 6.07 Å². The second-order valence-corrected chi connectivity index (χ2v) is 4.88. The normalized spacial score (nSPS) is 23.7. The summed E-state index contributed by atoms with van der Waals surface area (Å²) in [7, 11) is 1.69. The highest BCUT2D eigenvalue weighted by atomic mass is 16.5. The van der Waals surface area contributed by atoms with Crippen molar-refractivity contribution < 1.29 is 9.47 Å². The molecule has 1 aliphatic rings. The predicted octanol–water partition coefficient (Wildman–Crippen LogP) is 1.11. The summed E-state index contributed by atoms with van der Waals surface area (Å²) in [5.41, 5.74) is -0.208. The Balaban J connectivity index is 2.12. The fourth-order valence-corrected chi connectivity index (χ4v) is 2.18. The quantitative estimate of drug-likeness (QED) is 0.788. The fraction of sp³-hybridized carbons (Fsp3) is 0.667. The van der Waals surface area contributed by atoms with Crippen LogP contribution in [0.5, 0.6) is 0 Å². The standard InChI is InChI=1S/C12H19N3O2/c1-12(2)9-15(7-10(17-12)8-16-3)11-13-5-4-6-14-11/h4-6,10H,7-9H2,1-3H3/t10-/m0/s1. The number of nitrogens with zero attached hydrogens (tertiary/aromatic N) is 3. The van der Waals surface area contributed by atoms with E-state index in [9.17, 15) is 0 Å². The van der Waals surface area contributed by atoms with E-state index in [-0.39, 0.29) is 11.7 Å². The van der Waals surface area contributed by atoms with Crippen LogP contribution < -0.4 is 4.90 Å². The Labute approximate surface area is 102 Å². The molecule has 94 valence electrons. The molecule has 1 aromatic rings. The van der Waals surface area contributed by atoms with Crippen LogP contribution in [0.2, 0.25) is 0 Å². The van der Waals surface area contributed by atoms with Crippen LogP contribution in [0.1, 0.15) is 13.8 Å². The maximum Gasteiger partial charge on any atom is 0.225 e. The van der Waals surface area contributed by atoms with Crippen molar-refractivity contribution in [1.82, 2.24) is 9.97 Å². The first-order valence-corrected chi connectivity index (χ1v) is 5.79. The van der Waals surface area contributed by atoms with E-state index in [2.05, 4.69) is 28.7 Å². The molecule has 0 saturated carbocycles. The first-order chi connectivity index (χ1) is 8.11. The molecule has 2 heterocycles. The molecule has 5 nitrogen and oxygen atoms in total. The topological polar surface area (TPSA) is 47.5 Å². The molecule has 0 radical (unpaired) electrons. The molecule has 1 atom stereocenters. The largest absolute Gasteiger partial charge is 0.382 e. The van der Waals surface area contributed by atoms with Crippen LogP contribution in [0.3, 0.4) is 0 Å². The number of hydrogen-bond donors (Lipinski definition) is 0. The maximum atomic E-state index is 5.94. The first kappa shape index (κ1) is 12.3. The van der Waals surface area contributed by atoms with E-state index in [1.165, 1.54) is 0 Å². The number of anilines is 1. The highest BCUT2D eigenvalue weighted by molar-refractivity contribution is 5.30. The van der Waals surface area contributed by atoms with Gasteiger partial charge in [0.05, 0.1) is 18.3 Å². The van der Waals surface area contributed by atoms with Crippen LogP contribution in [0.4, 0.5) is 5.95 Å². The van der Waals surface area contributed by atoms with Gasteiger partial charge >= 0.3 is 0 Å². The average molecular weight is 237 g/mol. The Kier molecular flexibility index (Phi) is 3.59. The lowest BCUT2D eigenvalue weighted by molar-refractivity contribution is -0.106. The van der Waals surface area contributed by atoms with E-state index < -0.39 is 0 Å². The molecule has 0 amide bonds. The highest BCUT2D eigenvalue weighted by Crippen LogP contribution is 2.23. The van der Waals surface area contributed by atoms with Gasteiger partial charge in [0.25, 0.3) is 0 Å². The second kappa shape index (κ2) is 4.98. The summed E-state index contributed by atoms with van der Waals surface area (Å²) in [5.74, 6) is 0.755. The Bertz CT molecular complexity index is 356. The van der Waals surface area contributed by atoms with Crippen molar-refractivity contribution >= 4 is 5.95 Å². The number of ether oxygens (including phenoxy) is 2. The van der Waals surface area contributed by atoms with Gasteiger partial charge in [0.2, 0.25) is 5.95 Å². The second-order valence-electron chi connectivity index (χ2n) is 4.88. The highest BCUT2D eigenvalue weighted by Gasteiger charge is 2.34. The van der Waals surface area contributed by atoms with Crippen LogP contribution in [-0.4, -0.2) is 48.5 Å². The summed E-state index contributed by atoms with van der Waals surface area (Å²) in [5, 5.41) is 0. The molecule has 5 heteroatoms. The van der Waals surface area contributed by atoms with Gasteiger partial charge in [-0.3, -0.25) is 0 Å². The minimum Gasteiger partial charge on any atom is -0.382 e. The fourth-order valence-electron chi connectivity index (χ4n) is 2.18. The van der Waals surface area contributed by atoms with E-state index in [4.69, 9.17) is 9.47 Å². The van der Waals surface area contributed by atoms with Crippen LogP contribution in [0, 0.1) is 0 Å². The zero-order valence-electron chi connectivity index (χ0n) is 10.6. The van der Waals surface area contributed by atoms with Gasteiger partial charge in [0.1, 0.15) is 0 Å². The van der Waals surface area contributed by atoms with Crippen LogP contribution in [0.25, 0.3) is 0 Å². The summed E-state index contributed by atoms with van der Waals surface area (Å²) in [6.45, 7) is 6.29. The lowest BCUT2D eigenvalue weighted by Gasteiger charge is -2.42. The summed E-state index contributed by atoms with van der Waals surface area (Å²) in [6.07, 6.45) is 3.58. The lowest BCUT2D eigenvalue weighted by atomic mass is 10.1. The van der Waals surface area contributed by atoms with Crippen LogP contribution >= 0.6 is 0 Å². The van der Waals surface area contributed by atoms with Crippen LogP contribution in [-0.2, 0) is 9.47 Å². The molecule has 0 aliphatic carbocycles. The van der Waals surface area contributed by atoms with Gasteiger partial charge in [0.15, 0.2) is 0 Å². The lowest BCUT2D eigenvalue weighted by Crippen LogP contribution is -2.54. The molecular weight excluding hydrogens is 218 g/mol. The van der Waals surface area contributed by atoms with E-state index in [1.54, 1.807) is 19.5 Å². The van der Waals surface area contributed by atoms with Gasteiger partial charge in [-0.1, -0.05) is 0 Å². The van der Waals surface area contributed by atoms with E-state index >= 15 is 0 Å². The van der Waals surface area contributed by atoms with E-state index in [0.29, 0.717) is 6.61 Å². The summed E-state index contributed by atoms with van der Waals surface area (Å²) in [6, 6.07) is 1.82. The number of morpholine rings is 1. The van der Waals surface area contributed by atoms with Crippen molar-refractivity contribution in [3.8, 4) is 0 Å². The molecule has 1 fully saturated rings. The van der Waals surface area contributed by atoms with Gasteiger partial charge in [-0.2, -0.15) is 0 Å². The maximum absolute atomic E-state index is 5.94. The summed E-state index contributed by atoms with van der Waals surface area (Å²) < 4.78 is 11.1. The van der Waals surface area contributed by atoms with Gasteiger partial charge < -0.3 is 14.4 Å². The SMILES string of the molecule is COC[C@@H]1CN(c2ncccn2)CC(C)(C)O1. The molecule has 1 saturated heterocycles. The molecule has 2 rings (SSSR count). The molecule has 1 aliphatic heterocycles.